The van der Waals surface area contributed by atoms with Gasteiger partial charge in [-0.05, 0) is 36.8 Å². The number of hydrogen-bond donors (Lipinski definition) is 3. The van der Waals surface area contributed by atoms with Crippen LogP contribution in [0.2, 0.25) is 5.02 Å². The fourth-order valence-electron chi connectivity index (χ4n) is 2.60. The summed E-state index contributed by atoms with van der Waals surface area (Å²) in [6, 6.07) is 11.8. The van der Waals surface area contributed by atoms with Crippen molar-refractivity contribution in [2.45, 2.75) is 19.4 Å². The normalized spacial score (nSPS) is 11.8. The van der Waals surface area contributed by atoms with E-state index in [1.54, 1.807) is 25.1 Å². The van der Waals surface area contributed by atoms with Gasteiger partial charge in [0.15, 0.2) is 0 Å². The number of aromatic nitrogens is 2. The summed E-state index contributed by atoms with van der Waals surface area (Å²) in [5, 5.41) is 5.76. The highest BCUT2D eigenvalue weighted by atomic mass is 35.5. The molecule has 1 aromatic heterocycles. The first kappa shape index (κ1) is 18.7. The number of carbonyl (C=O) groups excluding carboxylic acids is 2. The van der Waals surface area contributed by atoms with Crippen molar-refractivity contribution >= 4 is 40.4 Å². The Bertz CT molecular complexity index is 953. The van der Waals surface area contributed by atoms with Gasteiger partial charge in [0.25, 0.3) is 0 Å². The lowest BCUT2D eigenvalue weighted by atomic mass is 10.1. The quantitative estimate of drug-likeness (QED) is 0.607. The van der Waals surface area contributed by atoms with E-state index in [0.29, 0.717) is 16.7 Å². The molecular formula is C19H19ClN4O3. The lowest BCUT2D eigenvalue weighted by Gasteiger charge is -2.13. The molecule has 0 aliphatic heterocycles. The third kappa shape index (κ3) is 4.57. The molecule has 0 bridgehead atoms. The molecule has 0 aliphatic carbocycles. The molecule has 0 radical (unpaired) electrons. The van der Waals surface area contributed by atoms with E-state index in [0.717, 1.165) is 16.6 Å². The van der Waals surface area contributed by atoms with Crippen LogP contribution in [0.15, 0.2) is 42.5 Å². The zero-order chi connectivity index (χ0) is 19.4. The highest BCUT2D eigenvalue weighted by Crippen LogP contribution is 2.25. The molecule has 2 aromatic carbocycles. The number of H-pyrrole nitrogens is 1. The lowest BCUT2D eigenvalue weighted by molar-refractivity contribution is -0.125. The van der Waals surface area contributed by atoms with E-state index in [1.807, 2.05) is 24.3 Å². The molecule has 1 heterocycles. The van der Waals surface area contributed by atoms with Gasteiger partial charge in [-0.3, -0.25) is 14.9 Å². The molecule has 3 aromatic rings. The first-order valence-corrected chi connectivity index (χ1v) is 8.71. The van der Waals surface area contributed by atoms with E-state index in [2.05, 4.69) is 20.6 Å². The van der Waals surface area contributed by atoms with Gasteiger partial charge in [-0.1, -0.05) is 29.8 Å². The summed E-state index contributed by atoms with van der Waals surface area (Å²) in [6.45, 7) is 1.61. The molecule has 140 valence electrons. The highest BCUT2D eigenvalue weighted by molar-refractivity contribution is 6.32. The number of para-hydroxylation sites is 2. The number of methoxy groups -OCH3 is 1. The molecule has 3 rings (SSSR count). The second-order valence-electron chi connectivity index (χ2n) is 6.03. The Balaban J connectivity index is 1.57. The second kappa shape index (κ2) is 8.09. The number of carbonyl (C=O) groups is 2. The van der Waals surface area contributed by atoms with Gasteiger partial charge in [0, 0.05) is 0 Å². The van der Waals surface area contributed by atoms with Crippen LogP contribution in [-0.2, 0) is 16.0 Å². The highest BCUT2D eigenvalue weighted by Gasteiger charge is 2.17. The fourth-order valence-corrected chi connectivity index (χ4v) is 2.88. The number of nitrogens with one attached hydrogen (secondary N) is 3. The average Bonchev–Trinajstić information content (AvgIpc) is 3.04. The van der Waals surface area contributed by atoms with E-state index in [1.165, 1.54) is 7.11 Å². The number of hydrogen-bond acceptors (Lipinski definition) is 4. The van der Waals surface area contributed by atoms with Crippen LogP contribution >= 0.6 is 11.6 Å². The minimum absolute atomic E-state index is 0.103. The zero-order valence-corrected chi connectivity index (χ0v) is 15.6. The van der Waals surface area contributed by atoms with Crippen molar-refractivity contribution in [3.05, 3.63) is 53.1 Å². The van der Waals surface area contributed by atoms with Crippen LogP contribution in [0.3, 0.4) is 0 Å². The van der Waals surface area contributed by atoms with Gasteiger partial charge in [0.2, 0.25) is 17.8 Å². The Labute approximate surface area is 161 Å². The van der Waals surface area contributed by atoms with Crippen molar-refractivity contribution in [2.24, 2.45) is 0 Å². The summed E-state index contributed by atoms with van der Waals surface area (Å²) in [4.78, 5) is 31.8. The van der Waals surface area contributed by atoms with Crippen LogP contribution < -0.4 is 15.4 Å². The van der Waals surface area contributed by atoms with Gasteiger partial charge in [-0.15, -0.1) is 0 Å². The molecule has 7 nitrogen and oxygen atoms in total. The summed E-state index contributed by atoms with van der Waals surface area (Å²) in [5.74, 6) is 0.224. The van der Waals surface area contributed by atoms with Crippen molar-refractivity contribution in [3.63, 3.8) is 0 Å². The molecule has 0 aliphatic rings. The molecule has 27 heavy (non-hydrogen) atoms. The van der Waals surface area contributed by atoms with Crippen molar-refractivity contribution in [1.29, 1.82) is 0 Å². The molecule has 0 saturated carbocycles. The van der Waals surface area contributed by atoms with Gasteiger partial charge in [-0.25, -0.2) is 4.98 Å². The maximum Gasteiger partial charge on any atom is 0.248 e. The van der Waals surface area contributed by atoms with Gasteiger partial charge < -0.3 is 15.0 Å². The van der Waals surface area contributed by atoms with Crippen LogP contribution in [0.4, 0.5) is 5.95 Å². The monoisotopic (exact) mass is 386 g/mol. The number of imidazole rings is 1. The topological polar surface area (TPSA) is 96.1 Å². The zero-order valence-electron chi connectivity index (χ0n) is 14.9. The molecule has 3 N–H and O–H groups in total. The van der Waals surface area contributed by atoms with Crippen LogP contribution in [0.25, 0.3) is 11.0 Å². The SMILES string of the molecule is COc1ccc(CC(=O)N[C@@H](C)C(=O)Nc2nc3ccccc3[nH]2)cc1Cl. The van der Waals surface area contributed by atoms with E-state index in [-0.39, 0.29) is 18.2 Å². The number of nitrogens with zero attached hydrogens (tertiary/aromatic N) is 1. The molecule has 0 fully saturated rings. The van der Waals surface area contributed by atoms with Crippen molar-refractivity contribution in [2.75, 3.05) is 12.4 Å². The van der Waals surface area contributed by atoms with Crippen LogP contribution in [-0.4, -0.2) is 34.9 Å². The molecule has 0 saturated heterocycles. The van der Waals surface area contributed by atoms with E-state index in [4.69, 9.17) is 16.3 Å². The first-order chi connectivity index (χ1) is 13.0. The van der Waals surface area contributed by atoms with Gasteiger partial charge in [-0.2, -0.15) is 0 Å². The second-order valence-corrected chi connectivity index (χ2v) is 6.43. The smallest absolute Gasteiger partial charge is 0.248 e. The third-order valence-electron chi connectivity index (χ3n) is 3.98. The molecular weight excluding hydrogens is 368 g/mol. The van der Waals surface area contributed by atoms with Crippen LogP contribution in [0.1, 0.15) is 12.5 Å². The average molecular weight is 387 g/mol. The van der Waals surface area contributed by atoms with Crippen molar-refractivity contribution in [3.8, 4) is 5.75 Å². The standard InChI is InChI=1S/C19H19ClN4O3/c1-11(18(26)24-19-22-14-5-3-4-6-15(14)23-19)21-17(25)10-12-7-8-16(27-2)13(20)9-12/h3-9,11H,10H2,1-2H3,(H,21,25)(H2,22,23,24,26)/t11-/m0/s1. The predicted octanol–water partition coefficient (Wildman–Crippen LogP) is 2.91. The largest absolute Gasteiger partial charge is 0.495 e. The van der Waals surface area contributed by atoms with E-state index >= 15 is 0 Å². The molecule has 1 atom stereocenters. The molecule has 2 amide bonds. The molecule has 0 spiro atoms. The maximum atomic E-state index is 12.3. The minimum Gasteiger partial charge on any atom is -0.495 e. The Morgan fingerprint density at radius 1 is 1.26 bits per heavy atom. The predicted molar refractivity (Wildman–Crippen MR) is 104 cm³/mol. The number of benzene rings is 2. The maximum absolute atomic E-state index is 12.3. The van der Waals surface area contributed by atoms with Gasteiger partial charge in [0.1, 0.15) is 11.8 Å². The number of aromatic amines is 1. The summed E-state index contributed by atoms with van der Waals surface area (Å²) >= 11 is 6.06. The summed E-state index contributed by atoms with van der Waals surface area (Å²) in [7, 11) is 1.52. The van der Waals surface area contributed by atoms with Gasteiger partial charge >= 0.3 is 0 Å². The number of rotatable bonds is 6. The summed E-state index contributed by atoms with van der Waals surface area (Å²) in [5.41, 5.74) is 2.30. The molecule has 0 unspecified atom stereocenters. The van der Waals surface area contributed by atoms with Crippen molar-refractivity contribution < 1.29 is 14.3 Å². The third-order valence-corrected chi connectivity index (χ3v) is 4.28. The number of ether oxygens (including phenoxy) is 1. The van der Waals surface area contributed by atoms with Crippen molar-refractivity contribution in [1.82, 2.24) is 15.3 Å². The van der Waals surface area contributed by atoms with Crippen LogP contribution in [0, 0.1) is 0 Å². The summed E-state index contributed by atoms with van der Waals surface area (Å²) < 4.78 is 5.09. The Morgan fingerprint density at radius 3 is 2.74 bits per heavy atom. The minimum atomic E-state index is -0.723. The Hall–Kier alpha value is -3.06. The Kier molecular flexibility index (Phi) is 5.61. The van der Waals surface area contributed by atoms with E-state index < -0.39 is 6.04 Å². The number of halogens is 1. The number of anilines is 1. The van der Waals surface area contributed by atoms with Crippen LogP contribution in [0.5, 0.6) is 5.75 Å². The molecule has 8 heteroatoms. The van der Waals surface area contributed by atoms with Gasteiger partial charge in [0.05, 0.1) is 29.6 Å². The number of fused-ring (bicyclic) bond motifs is 1. The van der Waals surface area contributed by atoms with E-state index in [9.17, 15) is 9.59 Å². The first-order valence-electron chi connectivity index (χ1n) is 8.33. The fraction of sp³-hybridized carbons (Fsp3) is 0.211. The summed E-state index contributed by atoms with van der Waals surface area (Å²) in [6.07, 6.45) is 0.103. The number of amides is 2. The lowest BCUT2D eigenvalue weighted by Crippen LogP contribution is -2.42. The Morgan fingerprint density at radius 2 is 2.04 bits per heavy atom.